The quantitative estimate of drug-likeness (QED) is 0.185. The molecular weight excluding hydrogens is 408 g/mol. The summed E-state index contributed by atoms with van der Waals surface area (Å²) in [5.41, 5.74) is 4.00. The first-order chi connectivity index (χ1) is 15.6. The molecule has 0 saturated heterocycles. The van der Waals surface area contributed by atoms with Crippen LogP contribution in [-0.2, 0) is 10.8 Å². The minimum atomic E-state index is -0.229. The maximum Gasteiger partial charge on any atom is 0.293 e. The van der Waals surface area contributed by atoms with Gasteiger partial charge in [-0.25, -0.2) is 0 Å². The van der Waals surface area contributed by atoms with Gasteiger partial charge in [-0.05, 0) is 63.1 Å². The van der Waals surface area contributed by atoms with Crippen molar-refractivity contribution in [1.29, 1.82) is 0 Å². The van der Waals surface area contributed by atoms with Gasteiger partial charge in [-0.3, -0.25) is 10.1 Å². The van der Waals surface area contributed by atoms with Crippen LogP contribution in [0.25, 0.3) is 21.5 Å². The van der Waals surface area contributed by atoms with Gasteiger partial charge in [-0.1, -0.05) is 76.2 Å². The highest BCUT2D eigenvalue weighted by atomic mass is 16.6. The van der Waals surface area contributed by atoms with Crippen molar-refractivity contribution in [3.8, 4) is 0 Å². The van der Waals surface area contributed by atoms with E-state index >= 15 is 0 Å². The molecule has 168 valence electrons. The highest BCUT2D eigenvalue weighted by molar-refractivity contribution is 6.13. The summed E-state index contributed by atoms with van der Waals surface area (Å²) in [6.07, 6.45) is 2.08. The summed E-state index contributed by atoms with van der Waals surface area (Å²) >= 11 is 0. The molecule has 0 fully saturated rings. The Balaban J connectivity index is 1.80. The SMILES string of the molecule is CN(c1cc2c(cc1[N+](=O)[O-])C(C)(C)CCC2(C)C)c1cc2ccccc2c2ccccc12. The van der Waals surface area contributed by atoms with Crippen LogP contribution in [0.1, 0.15) is 51.7 Å². The average molecular weight is 439 g/mol. The minimum absolute atomic E-state index is 0.0268. The monoisotopic (exact) mass is 438 g/mol. The maximum absolute atomic E-state index is 12.3. The Hall–Kier alpha value is -3.40. The lowest BCUT2D eigenvalue weighted by atomic mass is 9.63. The lowest BCUT2D eigenvalue weighted by Gasteiger charge is -2.42. The Labute approximate surface area is 195 Å². The number of hydrogen-bond acceptors (Lipinski definition) is 3. The van der Waals surface area contributed by atoms with Crippen molar-refractivity contribution < 1.29 is 4.92 Å². The molecule has 4 nitrogen and oxygen atoms in total. The van der Waals surface area contributed by atoms with Crippen molar-refractivity contribution >= 4 is 38.6 Å². The highest BCUT2D eigenvalue weighted by Gasteiger charge is 2.39. The molecule has 0 N–H and O–H groups in total. The van der Waals surface area contributed by atoms with E-state index in [-0.39, 0.29) is 21.4 Å². The van der Waals surface area contributed by atoms with Gasteiger partial charge in [-0.15, -0.1) is 0 Å². The van der Waals surface area contributed by atoms with Gasteiger partial charge < -0.3 is 4.90 Å². The second-order valence-corrected chi connectivity index (χ2v) is 10.6. The molecule has 0 atom stereocenters. The Morgan fingerprint density at radius 2 is 1.30 bits per heavy atom. The van der Waals surface area contributed by atoms with Crippen LogP contribution in [0.3, 0.4) is 0 Å². The zero-order valence-corrected chi connectivity index (χ0v) is 20.0. The fourth-order valence-electron chi connectivity index (χ4n) is 5.45. The van der Waals surface area contributed by atoms with Crippen LogP contribution in [-0.4, -0.2) is 12.0 Å². The van der Waals surface area contributed by atoms with Crippen LogP contribution in [0.15, 0.2) is 66.7 Å². The van der Waals surface area contributed by atoms with Crippen molar-refractivity contribution in [2.24, 2.45) is 0 Å². The summed E-state index contributed by atoms with van der Waals surface area (Å²) in [5.74, 6) is 0. The fourth-order valence-corrected chi connectivity index (χ4v) is 5.45. The van der Waals surface area contributed by atoms with Gasteiger partial charge in [0.15, 0.2) is 0 Å². The molecule has 4 aromatic rings. The largest absolute Gasteiger partial charge is 0.338 e. The van der Waals surface area contributed by atoms with Crippen molar-refractivity contribution in [2.45, 2.75) is 51.4 Å². The Morgan fingerprint density at radius 3 is 1.94 bits per heavy atom. The van der Waals surface area contributed by atoms with Crippen molar-refractivity contribution in [2.75, 3.05) is 11.9 Å². The Morgan fingerprint density at radius 1 is 0.758 bits per heavy atom. The molecule has 0 aliphatic heterocycles. The molecular formula is C29H30N2O2. The van der Waals surface area contributed by atoms with E-state index in [0.29, 0.717) is 5.69 Å². The third-order valence-electron chi connectivity index (χ3n) is 7.61. The first-order valence-corrected chi connectivity index (χ1v) is 11.6. The van der Waals surface area contributed by atoms with E-state index in [4.69, 9.17) is 0 Å². The summed E-state index contributed by atoms with van der Waals surface area (Å²) in [4.78, 5) is 14.0. The Kier molecular flexibility index (Phi) is 4.75. The standard InChI is InChI=1S/C29H30N2O2/c1-28(2)14-15-29(3,4)24-18-27(31(32)33)26(17-23(24)28)30(5)25-16-19-10-6-7-11-20(19)21-12-8-9-13-22(21)25/h6-13,16-18H,14-15H2,1-5H3. The van der Waals surface area contributed by atoms with Crippen molar-refractivity contribution in [3.05, 3.63) is 88.0 Å². The predicted octanol–water partition coefficient (Wildman–Crippen LogP) is 8.02. The zero-order valence-electron chi connectivity index (χ0n) is 20.0. The van der Waals surface area contributed by atoms with Crippen molar-refractivity contribution in [3.63, 3.8) is 0 Å². The fraction of sp³-hybridized carbons (Fsp3) is 0.310. The molecule has 0 heterocycles. The van der Waals surface area contributed by atoms with Gasteiger partial charge in [0.05, 0.1) is 4.92 Å². The molecule has 0 bridgehead atoms. The second-order valence-electron chi connectivity index (χ2n) is 10.6. The average Bonchev–Trinajstić information content (AvgIpc) is 2.80. The maximum atomic E-state index is 12.3. The van der Waals surface area contributed by atoms with Gasteiger partial charge in [0.1, 0.15) is 5.69 Å². The van der Waals surface area contributed by atoms with E-state index in [2.05, 4.69) is 70.2 Å². The van der Waals surface area contributed by atoms with Crippen LogP contribution in [0.5, 0.6) is 0 Å². The summed E-state index contributed by atoms with van der Waals surface area (Å²) in [6, 6.07) is 22.7. The smallest absolute Gasteiger partial charge is 0.293 e. The number of nitro benzene ring substituents is 1. The summed E-state index contributed by atoms with van der Waals surface area (Å²) in [7, 11) is 1.95. The predicted molar refractivity (Wildman–Crippen MR) is 138 cm³/mol. The lowest BCUT2D eigenvalue weighted by Crippen LogP contribution is -2.34. The number of fused-ring (bicyclic) bond motifs is 4. The van der Waals surface area contributed by atoms with E-state index in [1.807, 2.05) is 36.2 Å². The molecule has 0 unspecified atom stereocenters. The molecule has 1 aliphatic rings. The number of anilines is 2. The van der Waals surface area contributed by atoms with Crippen molar-refractivity contribution in [1.82, 2.24) is 0 Å². The number of hydrogen-bond donors (Lipinski definition) is 0. The summed E-state index contributed by atoms with van der Waals surface area (Å²) in [5, 5.41) is 16.8. The molecule has 0 saturated carbocycles. The number of benzene rings is 4. The van der Waals surface area contributed by atoms with Gasteiger partial charge >= 0.3 is 0 Å². The summed E-state index contributed by atoms with van der Waals surface area (Å²) < 4.78 is 0. The third kappa shape index (κ3) is 3.36. The molecule has 1 aliphatic carbocycles. The second kappa shape index (κ2) is 7.31. The minimum Gasteiger partial charge on any atom is -0.338 e. The number of nitrogens with zero attached hydrogens (tertiary/aromatic N) is 2. The first-order valence-electron chi connectivity index (χ1n) is 11.6. The number of rotatable bonds is 3. The highest BCUT2D eigenvalue weighted by Crippen LogP contribution is 2.50. The van der Waals surface area contributed by atoms with Gasteiger partial charge in [0, 0.05) is 24.2 Å². The van der Waals surface area contributed by atoms with Crippen LogP contribution < -0.4 is 4.90 Å². The molecule has 33 heavy (non-hydrogen) atoms. The van der Waals surface area contributed by atoms with Crippen LogP contribution >= 0.6 is 0 Å². The van der Waals surface area contributed by atoms with E-state index in [9.17, 15) is 10.1 Å². The number of nitro groups is 1. The topological polar surface area (TPSA) is 46.4 Å². The lowest BCUT2D eigenvalue weighted by molar-refractivity contribution is -0.384. The molecule has 0 amide bonds. The Bertz CT molecular complexity index is 1420. The van der Waals surface area contributed by atoms with Crippen LogP contribution in [0, 0.1) is 10.1 Å². The normalized spacial score (nSPS) is 16.5. The van der Waals surface area contributed by atoms with E-state index in [1.165, 1.54) is 10.9 Å². The molecule has 0 aromatic heterocycles. The van der Waals surface area contributed by atoms with Crippen LogP contribution in [0.2, 0.25) is 0 Å². The van der Waals surface area contributed by atoms with Gasteiger partial charge in [0.2, 0.25) is 0 Å². The molecule has 0 radical (unpaired) electrons. The van der Waals surface area contributed by atoms with E-state index in [1.54, 1.807) is 0 Å². The van der Waals surface area contributed by atoms with E-state index < -0.39 is 0 Å². The van der Waals surface area contributed by atoms with Crippen LogP contribution in [0.4, 0.5) is 17.1 Å². The molecule has 5 rings (SSSR count). The molecule has 0 spiro atoms. The first kappa shape index (κ1) is 21.4. The van der Waals surface area contributed by atoms with Gasteiger partial charge in [-0.2, -0.15) is 0 Å². The van der Waals surface area contributed by atoms with Gasteiger partial charge in [0.25, 0.3) is 5.69 Å². The third-order valence-corrected chi connectivity index (χ3v) is 7.61. The molecule has 4 aromatic carbocycles. The van der Waals surface area contributed by atoms with E-state index in [0.717, 1.165) is 40.3 Å². The molecule has 4 heteroatoms. The summed E-state index contributed by atoms with van der Waals surface area (Å²) in [6.45, 7) is 8.90. The zero-order chi connectivity index (χ0) is 23.5.